The van der Waals surface area contributed by atoms with Crippen LogP contribution in [0.1, 0.15) is 23.4 Å². The molecule has 0 aliphatic carbocycles. The standard InChI is InChI=1S/C16H16ClN3S/c1-11(15-6-7-16(17)21-15)18-10-12-2-4-13(5-3-12)14-8-9-19-20-14/h2-9,11,18H,10H2,1H3,(H,19,20). The van der Waals surface area contributed by atoms with Crippen LogP contribution in [0, 0.1) is 0 Å². The van der Waals surface area contributed by atoms with Crippen molar-refractivity contribution >= 4 is 22.9 Å². The SMILES string of the molecule is CC(NCc1ccc(-c2ccn[nH]2)cc1)c1ccc(Cl)s1. The quantitative estimate of drug-likeness (QED) is 0.719. The largest absolute Gasteiger partial charge is 0.305 e. The molecule has 0 saturated heterocycles. The number of nitrogens with zero attached hydrogens (tertiary/aromatic N) is 1. The summed E-state index contributed by atoms with van der Waals surface area (Å²) in [4.78, 5) is 1.26. The normalized spacial score (nSPS) is 12.5. The molecule has 3 rings (SSSR count). The maximum absolute atomic E-state index is 5.97. The first-order valence-electron chi connectivity index (χ1n) is 6.79. The zero-order chi connectivity index (χ0) is 14.7. The average Bonchev–Trinajstić information content (AvgIpc) is 3.16. The topological polar surface area (TPSA) is 40.7 Å². The van der Waals surface area contributed by atoms with Crippen LogP contribution < -0.4 is 5.32 Å². The highest BCUT2D eigenvalue weighted by Crippen LogP contribution is 2.26. The molecule has 3 nitrogen and oxygen atoms in total. The molecule has 0 fully saturated rings. The summed E-state index contributed by atoms with van der Waals surface area (Å²) in [6, 6.07) is 14.8. The second-order valence-corrected chi connectivity index (χ2v) is 6.66. The minimum atomic E-state index is 0.301. The van der Waals surface area contributed by atoms with E-state index in [-0.39, 0.29) is 0 Å². The summed E-state index contributed by atoms with van der Waals surface area (Å²) in [5.74, 6) is 0. The number of hydrogen-bond donors (Lipinski definition) is 2. The summed E-state index contributed by atoms with van der Waals surface area (Å²) >= 11 is 7.59. The zero-order valence-corrected chi connectivity index (χ0v) is 13.2. The Labute approximate surface area is 133 Å². The van der Waals surface area contributed by atoms with Gasteiger partial charge >= 0.3 is 0 Å². The van der Waals surface area contributed by atoms with Gasteiger partial charge in [-0.3, -0.25) is 5.10 Å². The Morgan fingerprint density at radius 1 is 1.19 bits per heavy atom. The number of thiophene rings is 1. The van der Waals surface area contributed by atoms with Gasteiger partial charge in [0.15, 0.2) is 0 Å². The molecular weight excluding hydrogens is 302 g/mol. The van der Waals surface area contributed by atoms with Gasteiger partial charge in [0, 0.05) is 23.7 Å². The number of aromatic amines is 1. The van der Waals surface area contributed by atoms with E-state index in [0.717, 1.165) is 22.1 Å². The van der Waals surface area contributed by atoms with Crippen molar-refractivity contribution in [3.05, 3.63) is 63.4 Å². The van der Waals surface area contributed by atoms with Crippen LogP contribution in [-0.2, 0) is 6.54 Å². The highest BCUT2D eigenvalue weighted by Gasteiger charge is 2.07. The lowest BCUT2D eigenvalue weighted by molar-refractivity contribution is 0.583. The minimum absolute atomic E-state index is 0.301. The van der Waals surface area contributed by atoms with Gasteiger partial charge < -0.3 is 5.32 Å². The van der Waals surface area contributed by atoms with Gasteiger partial charge in [-0.25, -0.2) is 0 Å². The van der Waals surface area contributed by atoms with Crippen LogP contribution in [0.4, 0.5) is 0 Å². The number of H-pyrrole nitrogens is 1. The summed E-state index contributed by atoms with van der Waals surface area (Å²) < 4.78 is 0.836. The number of benzene rings is 1. The van der Waals surface area contributed by atoms with Crippen molar-refractivity contribution in [3.8, 4) is 11.3 Å². The van der Waals surface area contributed by atoms with Crippen LogP contribution in [0.25, 0.3) is 11.3 Å². The highest BCUT2D eigenvalue weighted by molar-refractivity contribution is 7.16. The van der Waals surface area contributed by atoms with E-state index in [9.17, 15) is 0 Å². The Balaban J connectivity index is 1.61. The minimum Gasteiger partial charge on any atom is -0.305 e. The Morgan fingerprint density at radius 2 is 2.00 bits per heavy atom. The predicted molar refractivity (Wildman–Crippen MR) is 88.6 cm³/mol. The Hall–Kier alpha value is -1.62. The first kappa shape index (κ1) is 14.3. The van der Waals surface area contributed by atoms with Gasteiger partial charge in [0.1, 0.15) is 0 Å². The molecular formula is C16H16ClN3S. The van der Waals surface area contributed by atoms with E-state index >= 15 is 0 Å². The van der Waals surface area contributed by atoms with Gasteiger partial charge in [-0.05, 0) is 36.2 Å². The molecule has 108 valence electrons. The maximum Gasteiger partial charge on any atom is 0.0931 e. The molecule has 2 N–H and O–H groups in total. The van der Waals surface area contributed by atoms with Gasteiger partial charge in [0.05, 0.1) is 10.0 Å². The van der Waals surface area contributed by atoms with Gasteiger partial charge in [-0.2, -0.15) is 5.10 Å². The molecule has 0 bridgehead atoms. The van der Waals surface area contributed by atoms with E-state index in [1.54, 1.807) is 17.5 Å². The first-order valence-corrected chi connectivity index (χ1v) is 7.99. The molecule has 1 aromatic carbocycles. The molecule has 5 heteroatoms. The molecule has 3 aromatic rings. The lowest BCUT2D eigenvalue weighted by Gasteiger charge is -2.12. The summed E-state index contributed by atoms with van der Waals surface area (Å²) in [6.45, 7) is 2.99. The van der Waals surface area contributed by atoms with Crippen LogP contribution in [0.5, 0.6) is 0 Å². The third-order valence-corrected chi connectivity index (χ3v) is 4.81. The molecule has 2 heterocycles. The van der Waals surface area contributed by atoms with Crippen LogP contribution in [0.15, 0.2) is 48.7 Å². The van der Waals surface area contributed by atoms with E-state index in [4.69, 9.17) is 11.6 Å². The molecule has 0 saturated carbocycles. The zero-order valence-electron chi connectivity index (χ0n) is 11.6. The van der Waals surface area contributed by atoms with Crippen molar-refractivity contribution in [3.63, 3.8) is 0 Å². The van der Waals surface area contributed by atoms with Gasteiger partial charge in [-0.15, -0.1) is 11.3 Å². The molecule has 0 aliphatic rings. The van der Waals surface area contributed by atoms with Crippen LogP contribution >= 0.6 is 22.9 Å². The number of rotatable bonds is 5. The maximum atomic E-state index is 5.97. The monoisotopic (exact) mass is 317 g/mol. The number of hydrogen-bond acceptors (Lipinski definition) is 3. The first-order chi connectivity index (χ1) is 10.2. The highest BCUT2D eigenvalue weighted by atomic mass is 35.5. The molecule has 1 unspecified atom stereocenters. The van der Waals surface area contributed by atoms with E-state index < -0.39 is 0 Å². The molecule has 0 aliphatic heterocycles. The second-order valence-electron chi connectivity index (χ2n) is 4.91. The average molecular weight is 318 g/mol. The summed E-state index contributed by atoms with van der Waals surface area (Å²) in [5, 5.41) is 10.5. The fourth-order valence-electron chi connectivity index (χ4n) is 2.15. The predicted octanol–water partition coefficient (Wildman–Crippen LogP) is 4.64. The van der Waals surface area contributed by atoms with Crippen molar-refractivity contribution in [2.45, 2.75) is 19.5 Å². The molecule has 0 amide bonds. The van der Waals surface area contributed by atoms with Crippen LogP contribution in [0.3, 0.4) is 0 Å². The van der Waals surface area contributed by atoms with Crippen molar-refractivity contribution < 1.29 is 0 Å². The second kappa shape index (κ2) is 6.43. The van der Waals surface area contributed by atoms with Crippen molar-refractivity contribution in [1.82, 2.24) is 15.5 Å². The summed E-state index contributed by atoms with van der Waals surface area (Å²) in [6.07, 6.45) is 1.76. The fourth-order valence-corrected chi connectivity index (χ4v) is 3.24. The molecule has 1 atom stereocenters. The lowest BCUT2D eigenvalue weighted by Crippen LogP contribution is -2.16. The van der Waals surface area contributed by atoms with Crippen LogP contribution in [0.2, 0.25) is 4.34 Å². The van der Waals surface area contributed by atoms with Crippen molar-refractivity contribution in [2.24, 2.45) is 0 Å². The smallest absolute Gasteiger partial charge is 0.0931 e. The Morgan fingerprint density at radius 3 is 2.62 bits per heavy atom. The van der Waals surface area contributed by atoms with Crippen molar-refractivity contribution in [2.75, 3.05) is 0 Å². The summed E-state index contributed by atoms with van der Waals surface area (Å²) in [7, 11) is 0. The number of halogens is 1. The Kier molecular flexibility index (Phi) is 4.39. The summed E-state index contributed by atoms with van der Waals surface area (Å²) in [5.41, 5.74) is 3.44. The van der Waals surface area contributed by atoms with E-state index in [0.29, 0.717) is 6.04 Å². The number of nitrogens with one attached hydrogen (secondary N) is 2. The number of aromatic nitrogens is 2. The van der Waals surface area contributed by atoms with Gasteiger partial charge in [0.2, 0.25) is 0 Å². The molecule has 0 radical (unpaired) electrons. The third kappa shape index (κ3) is 3.53. The molecule has 21 heavy (non-hydrogen) atoms. The fraction of sp³-hybridized carbons (Fsp3) is 0.188. The van der Waals surface area contributed by atoms with Gasteiger partial charge in [-0.1, -0.05) is 35.9 Å². The molecule has 2 aromatic heterocycles. The van der Waals surface area contributed by atoms with E-state index in [2.05, 4.69) is 52.8 Å². The van der Waals surface area contributed by atoms with E-state index in [1.807, 2.05) is 12.1 Å². The van der Waals surface area contributed by atoms with E-state index in [1.165, 1.54) is 10.4 Å². The third-order valence-electron chi connectivity index (χ3n) is 3.40. The van der Waals surface area contributed by atoms with Gasteiger partial charge in [0.25, 0.3) is 0 Å². The Bertz CT molecular complexity index is 689. The van der Waals surface area contributed by atoms with Crippen LogP contribution in [-0.4, -0.2) is 10.2 Å². The molecule has 0 spiro atoms. The lowest BCUT2D eigenvalue weighted by atomic mass is 10.1. The van der Waals surface area contributed by atoms with Crippen molar-refractivity contribution in [1.29, 1.82) is 0 Å².